The van der Waals surface area contributed by atoms with Crippen LogP contribution in [-0.4, -0.2) is 43.6 Å². The van der Waals surface area contributed by atoms with Gasteiger partial charge in [0.05, 0.1) is 42.8 Å². The minimum Gasteiger partial charge on any atom is -0.497 e. The van der Waals surface area contributed by atoms with Crippen LogP contribution in [0.15, 0.2) is 66.7 Å². The summed E-state index contributed by atoms with van der Waals surface area (Å²) in [6.45, 7) is 0.412. The maximum atomic E-state index is 13.3. The predicted octanol–water partition coefficient (Wildman–Crippen LogP) is 5.84. The van der Waals surface area contributed by atoms with Crippen LogP contribution < -0.4 is 19.5 Å². The molecule has 0 saturated carbocycles. The molecule has 0 saturated heterocycles. The summed E-state index contributed by atoms with van der Waals surface area (Å²) >= 11 is 12.3. The Balaban J connectivity index is 1.60. The Bertz CT molecular complexity index is 1390. The SMILES string of the molecule is COc1cccc(-c2cc(C(=O)NCCc3ccc(OC)c(OC)c3)n(-c3ccc(Cl)c(Cl)c3)n2)c1. The van der Waals surface area contributed by atoms with Gasteiger partial charge in [0.15, 0.2) is 11.5 Å². The number of ether oxygens (including phenoxy) is 3. The van der Waals surface area contributed by atoms with Crippen LogP contribution in [-0.2, 0) is 6.42 Å². The number of hydrogen-bond acceptors (Lipinski definition) is 5. The van der Waals surface area contributed by atoms with Crippen LogP contribution in [0.2, 0.25) is 10.0 Å². The zero-order valence-electron chi connectivity index (χ0n) is 20.0. The quantitative estimate of drug-likeness (QED) is 0.297. The van der Waals surface area contributed by atoms with Gasteiger partial charge in [0.1, 0.15) is 11.4 Å². The fraction of sp³-hybridized carbons (Fsp3) is 0.185. The summed E-state index contributed by atoms with van der Waals surface area (Å²) in [4.78, 5) is 13.3. The topological polar surface area (TPSA) is 74.6 Å². The summed E-state index contributed by atoms with van der Waals surface area (Å²) < 4.78 is 17.5. The highest BCUT2D eigenvalue weighted by Gasteiger charge is 2.19. The second kappa shape index (κ2) is 11.4. The van der Waals surface area contributed by atoms with E-state index in [0.29, 0.717) is 57.3 Å². The lowest BCUT2D eigenvalue weighted by Gasteiger charge is -2.11. The first-order chi connectivity index (χ1) is 17.4. The van der Waals surface area contributed by atoms with Gasteiger partial charge in [-0.3, -0.25) is 4.79 Å². The van der Waals surface area contributed by atoms with Gasteiger partial charge in [-0.1, -0.05) is 41.4 Å². The summed E-state index contributed by atoms with van der Waals surface area (Å²) in [5.41, 5.74) is 3.41. The number of aromatic nitrogens is 2. The van der Waals surface area contributed by atoms with Crippen LogP contribution in [0.5, 0.6) is 17.2 Å². The number of methoxy groups -OCH3 is 3. The number of hydrogen-bond donors (Lipinski definition) is 1. The van der Waals surface area contributed by atoms with Crippen molar-refractivity contribution in [3.8, 4) is 34.2 Å². The van der Waals surface area contributed by atoms with Crippen molar-refractivity contribution in [3.05, 3.63) is 88.0 Å². The molecule has 0 aliphatic rings. The number of benzene rings is 3. The number of carbonyl (C=O) groups excluding carboxylic acids is 1. The molecule has 0 radical (unpaired) electrons. The van der Waals surface area contributed by atoms with E-state index in [1.807, 2.05) is 42.5 Å². The first kappa shape index (κ1) is 25.4. The highest BCUT2D eigenvalue weighted by atomic mass is 35.5. The standard InChI is InChI=1S/C27H25Cl2N3O4/c1-34-20-6-4-5-18(14-20)23-16-24(32(31-23)19-8-9-21(28)22(29)15-19)27(33)30-12-11-17-7-10-25(35-2)26(13-17)36-3/h4-10,13-16H,11-12H2,1-3H3,(H,30,33). The lowest BCUT2D eigenvalue weighted by molar-refractivity contribution is 0.0946. The predicted molar refractivity (Wildman–Crippen MR) is 141 cm³/mol. The fourth-order valence-electron chi connectivity index (χ4n) is 3.73. The van der Waals surface area contributed by atoms with Gasteiger partial charge in [-0.15, -0.1) is 0 Å². The molecule has 1 amide bonds. The van der Waals surface area contributed by atoms with E-state index in [4.69, 9.17) is 42.5 Å². The van der Waals surface area contributed by atoms with E-state index < -0.39 is 0 Å². The Morgan fingerprint density at radius 1 is 0.889 bits per heavy atom. The minimum atomic E-state index is -0.275. The number of nitrogens with one attached hydrogen (secondary N) is 1. The molecular formula is C27H25Cl2N3O4. The Morgan fingerprint density at radius 2 is 1.69 bits per heavy atom. The number of nitrogens with zero attached hydrogens (tertiary/aromatic N) is 2. The molecule has 186 valence electrons. The molecule has 1 heterocycles. The van der Waals surface area contributed by atoms with Gasteiger partial charge in [0, 0.05) is 12.1 Å². The molecule has 9 heteroatoms. The Kier molecular flexibility index (Phi) is 8.03. The second-order valence-corrected chi connectivity index (χ2v) is 8.67. The molecule has 0 fully saturated rings. The second-order valence-electron chi connectivity index (χ2n) is 7.85. The van der Waals surface area contributed by atoms with Crippen molar-refractivity contribution in [2.75, 3.05) is 27.9 Å². The monoisotopic (exact) mass is 525 g/mol. The van der Waals surface area contributed by atoms with Crippen LogP contribution in [0.3, 0.4) is 0 Å². The van der Waals surface area contributed by atoms with Gasteiger partial charge in [0.2, 0.25) is 0 Å². The normalized spacial score (nSPS) is 10.7. The summed E-state index contributed by atoms with van der Waals surface area (Å²) in [6.07, 6.45) is 0.607. The van der Waals surface area contributed by atoms with E-state index in [0.717, 1.165) is 11.1 Å². The first-order valence-electron chi connectivity index (χ1n) is 11.1. The zero-order valence-corrected chi connectivity index (χ0v) is 21.6. The van der Waals surface area contributed by atoms with Crippen LogP contribution in [0.1, 0.15) is 16.1 Å². The van der Waals surface area contributed by atoms with Crippen molar-refractivity contribution < 1.29 is 19.0 Å². The molecule has 0 bridgehead atoms. The van der Waals surface area contributed by atoms with Crippen molar-refractivity contribution >= 4 is 29.1 Å². The minimum absolute atomic E-state index is 0.275. The lowest BCUT2D eigenvalue weighted by atomic mass is 10.1. The average molecular weight is 526 g/mol. The summed E-state index contributed by atoms with van der Waals surface area (Å²) in [5.74, 6) is 1.71. The Morgan fingerprint density at radius 3 is 2.42 bits per heavy atom. The number of halogens is 2. The van der Waals surface area contributed by atoms with Crippen LogP contribution >= 0.6 is 23.2 Å². The van der Waals surface area contributed by atoms with Crippen molar-refractivity contribution in [1.29, 1.82) is 0 Å². The van der Waals surface area contributed by atoms with Crippen LogP contribution in [0.4, 0.5) is 0 Å². The van der Waals surface area contributed by atoms with Gasteiger partial charge in [0.25, 0.3) is 5.91 Å². The highest BCUT2D eigenvalue weighted by Crippen LogP contribution is 2.29. The van der Waals surface area contributed by atoms with Crippen molar-refractivity contribution in [2.24, 2.45) is 0 Å². The molecule has 3 aromatic carbocycles. The van der Waals surface area contributed by atoms with E-state index in [9.17, 15) is 4.79 Å². The third-order valence-electron chi connectivity index (χ3n) is 5.60. The van der Waals surface area contributed by atoms with Crippen molar-refractivity contribution in [3.63, 3.8) is 0 Å². The van der Waals surface area contributed by atoms with Gasteiger partial charge < -0.3 is 19.5 Å². The molecule has 0 spiro atoms. The zero-order chi connectivity index (χ0) is 25.7. The van der Waals surface area contributed by atoms with E-state index >= 15 is 0 Å². The summed E-state index contributed by atoms with van der Waals surface area (Å²) in [5, 5.41) is 8.46. The van der Waals surface area contributed by atoms with Gasteiger partial charge in [-0.05, 0) is 60.5 Å². The molecule has 0 aliphatic carbocycles. The van der Waals surface area contributed by atoms with Gasteiger partial charge >= 0.3 is 0 Å². The molecule has 1 N–H and O–H groups in total. The Labute approximate surface area is 219 Å². The van der Waals surface area contributed by atoms with E-state index in [1.165, 1.54) is 0 Å². The van der Waals surface area contributed by atoms with Crippen LogP contribution in [0.25, 0.3) is 16.9 Å². The first-order valence-corrected chi connectivity index (χ1v) is 11.9. The van der Waals surface area contributed by atoms with Gasteiger partial charge in [-0.25, -0.2) is 4.68 Å². The third-order valence-corrected chi connectivity index (χ3v) is 6.34. The molecule has 7 nitrogen and oxygen atoms in total. The fourth-order valence-corrected chi connectivity index (χ4v) is 4.02. The smallest absolute Gasteiger partial charge is 0.270 e. The maximum absolute atomic E-state index is 13.3. The van der Waals surface area contributed by atoms with Crippen LogP contribution in [0, 0.1) is 0 Å². The lowest BCUT2D eigenvalue weighted by Crippen LogP contribution is -2.27. The molecule has 0 aliphatic heterocycles. The molecule has 4 aromatic rings. The van der Waals surface area contributed by atoms with E-state index in [1.54, 1.807) is 50.3 Å². The van der Waals surface area contributed by atoms with E-state index in [-0.39, 0.29) is 5.91 Å². The molecular weight excluding hydrogens is 501 g/mol. The largest absolute Gasteiger partial charge is 0.497 e. The van der Waals surface area contributed by atoms with Gasteiger partial charge in [-0.2, -0.15) is 5.10 Å². The third kappa shape index (κ3) is 5.58. The van der Waals surface area contributed by atoms with E-state index in [2.05, 4.69) is 5.32 Å². The molecule has 0 atom stereocenters. The van der Waals surface area contributed by atoms with Crippen molar-refractivity contribution in [1.82, 2.24) is 15.1 Å². The number of carbonyl (C=O) groups is 1. The maximum Gasteiger partial charge on any atom is 0.270 e. The Hall–Kier alpha value is -3.68. The summed E-state index contributed by atoms with van der Waals surface area (Å²) in [6, 6.07) is 20.0. The molecule has 4 rings (SSSR count). The number of amides is 1. The average Bonchev–Trinajstić information content (AvgIpc) is 3.36. The summed E-state index contributed by atoms with van der Waals surface area (Å²) in [7, 11) is 4.78. The molecule has 0 unspecified atom stereocenters. The highest BCUT2D eigenvalue weighted by molar-refractivity contribution is 6.42. The molecule has 36 heavy (non-hydrogen) atoms. The van der Waals surface area contributed by atoms with Crippen molar-refractivity contribution in [2.45, 2.75) is 6.42 Å². The molecule has 1 aromatic heterocycles. The number of rotatable bonds is 9.